The summed E-state index contributed by atoms with van der Waals surface area (Å²) in [5.74, 6) is 2.73. The van der Waals surface area contributed by atoms with Crippen molar-refractivity contribution in [3.63, 3.8) is 0 Å². The third-order valence-corrected chi connectivity index (χ3v) is 3.83. The van der Waals surface area contributed by atoms with E-state index in [0.29, 0.717) is 24.9 Å². The molecule has 1 aliphatic carbocycles. The third kappa shape index (κ3) is 2.37. The quantitative estimate of drug-likeness (QED) is 0.824. The molecule has 104 valence electrons. The molecule has 1 atom stereocenters. The molecule has 0 radical (unpaired) electrons. The van der Waals surface area contributed by atoms with Crippen molar-refractivity contribution in [2.24, 2.45) is 0 Å². The molecule has 2 heterocycles. The Bertz CT molecular complexity index is 476. The number of ether oxygens (including phenoxy) is 1. The molecule has 1 unspecified atom stereocenters. The number of nitrogen functional groups attached to an aromatic ring is 1. The molecule has 3 rings (SSSR count). The fraction of sp³-hybridized carbons (Fsp3) is 0.692. The van der Waals surface area contributed by atoms with Gasteiger partial charge in [-0.25, -0.2) is 9.97 Å². The van der Waals surface area contributed by atoms with Crippen LogP contribution in [0.15, 0.2) is 0 Å². The van der Waals surface area contributed by atoms with E-state index in [0.717, 1.165) is 36.6 Å². The Morgan fingerprint density at radius 1 is 1.42 bits per heavy atom. The lowest BCUT2D eigenvalue weighted by atomic mass is 10.2. The number of aliphatic hydroxyl groups is 1. The summed E-state index contributed by atoms with van der Waals surface area (Å²) in [6.07, 6.45) is 2.29. The molecule has 3 N–H and O–H groups in total. The second kappa shape index (κ2) is 4.94. The molecule has 0 spiro atoms. The predicted octanol–water partition coefficient (Wildman–Crippen LogP) is 0.442. The summed E-state index contributed by atoms with van der Waals surface area (Å²) in [5.41, 5.74) is 6.90. The molecule has 2 fully saturated rings. The van der Waals surface area contributed by atoms with Gasteiger partial charge in [0.1, 0.15) is 17.5 Å². The topological polar surface area (TPSA) is 84.5 Å². The van der Waals surface area contributed by atoms with Crippen molar-refractivity contribution in [2.75, 3.05) is 37.0 Å². The number of rotatable bonds is 3. The Labute approximate surface area is 112 Å². The predicted molar refractivity (Wildman–Crippen MR) is 72.2 cm³/mol. The minimum atomic E-state index is -0.0474. The van der Waals surface area contributed by atoms with E-state index in [1.165, 1.54) is 0 Å². The maximum atomic E-state index is 9.48. The van der Waals surface area contributed by atoms with Gasteiger partial charge in [-0.1, -0.05) is 0 Å². The summed E-state index contributed by atoms with van der Waals surface area (Å²) in [5, 5.41) is 9.48. The van der Waals surface area contributed by atoms with Crippen molar-refractivity contribution < 1.29 is 9.84 Å². The number of anilines is 2. The van der Waals surface area contributed by atoms with Gasteiger partial charge in [0, 0.05) is 18.0 Å². The van der Waals surface area contributed by atoms with Crippen LogP contribution >= 0.6 is 0 Å². The van der Waals surface area contributed by atoms with Gasteiger partial charge in [0.05, 0.1) is 25.9 Å². The normalized spacial score (nSPS) is 23.7. The lowest BCUT2D eigenvalue weighted by molar-refractivity contribution is 0.0722. The minimum absolute atomic E-state index is 0.0474. The van der Waals surface area contributed by atoms with Crippen LogP contribution in [-0.4, -0.2) is 47.5 Å². The highest BCUT2D eigenvalue weighted by Gasteiger charge is 2.31. The second-order valence-electron chi connectivity index (χ2n) is 5.29. The van der Waals surface area contributed by atoms with E-state index in [4.69, 9.17) is 10.5 Å². The Morgan fingerprint density at radius 2 is 2.21 bits per heavy atom. The number of nitrogens with two attached hydrogens (primary N) is 1. The molecular weight excluding hydrogens is 244 g/mol. The van der Waals surface area contributed by atoms with Crippen molar-refractivity contribution >= 4 is 11.6 Å². The third-order valence-electron chi connectivity index (χ3n) is 3.83. The Morgan fingerprint density at radius 3 is 2.89 bits per heavy atom. The zero-order valence-corrected chi connectivity index (χ0v) is 11.2. The van der Waals surface area contributed by atoms with Crippen LogP contribution in [0.3, 0.4) is 0 Å². The van der Waals surface area contributed by atoms with Crippen molar-refractivity contribution in [1.82, 2.24) is 9.97 Å². The molecule has 1 aromatic heterocycles. The molecule has 1 aliphatic heterocycles. The average molecular weight is 264 g/mol. The second-order valence-corrected chi connectivity index (χ2v) is 5.29. The summed E-state index contributed by atoms with van der Waals surface area (Å²) in [4.78, 5) is 11.2. The van der Waals surface area contributed by atoms with E-state index in [1.807, 2.05) is 6.92 Å². The average Bonchev–Trinajstić information content (AvgIpc) is 3.26. The van der Waals surface area contributed by atoms with Crippen LogP contribution < -0.4 is 10.6 Å². The molecule has 1 saturated heterocycles. The summed E-state index contributed by atoms with van der Waals surface area (Å²) < 4.78 is 5.41. The number of aromatic nitrogens is 2. The van der Waals surface area contributed by atoms with Gasteiger partial charge in [0.25, 0.3) is 0 Å². The van der Waals surface area contributed by atoms with Gasteiger partial charge in [0.2, 0.25) is 0 Å². The van der Waals surface area contributed by atoms with Crippen LogP contribution in [0.25, 0.3) is 0 Å². The number of hydrogen-bond donors (Lipinski definition) is 2. The van der Waals surface area contributed by atoms with Crippen molar-refractivity contribution in [1.29, 1.82) is 0 Å². The molecular formula is C13H20N4O2. The van der Waals surface area contributed by atoms with Gasteiger partial charge in [-0.3, -0.25) is 0 Å². The lowest BCUT2D eigenvalue weighted by Crippen LogP contribution is -2.48. The van der Waals surface area contributed by atoms with E-state index >= 15 is 0 Å². The van der Waals surface area contributed by atoms with E-state index in [9.17, 15) is 5.11 Å². The highest BCUT2D eigenvalue weighted by Crippen LogP contribution is 2.39. The van der Waals surface area contributed by atoms with Crippen molar-refractivity contribution in [2.45, 2.75) is 31.7 Å². The van der Waals surface area contributed by atoms with E-state index < -0.39 is 0 Å². The molecule has 0 bridgehead atoms. The van der Waals surface area contributed by atoms with Crippen LogP contribution in [0.4, 0.5) is 11.6 Å². The van der Waals surface area contributed by atoms with E-state index in [-0.39, 0.29) is 12.6 Å². The molecule has 2 aliphatic rings. The first-order chi connectivity index (χ1) is 9.20. The smallest absolute Gasteiger partial charge is 0.137 e. The van der Waals surface area contributed by atoms with Crippen LogP contribution in [-0.2, 0) is 4.74 Å². The number of hydrogen-bond acceptors (Lipinski definition) is 6. The van der Waals surface area contributed by atoms with Gasteiger partial charge < -0.3 is 20.5 Å². The first-order valence-corrected chi connectivity index (χ1v) is 6.80. The highest BCUT2D eigenvalue weighted by atomic mass is 16.5. The van der Waals surface area contributed by atoms with Crippen LogP contribution in [0, 0.1) is 6.92 Å². The fourth-order valence-corrected chi connectivity index (χ4v) is 2.43. The fourth-order valence-electron chi connectivity index (χ4n) is 2.43. The van der Waals surface area contributed by atoms with Crippen LogP contribution in [0.5, 0.6) is 0 Å². The number of morpholine rings is 1. The maximum absolute atomic E-state index is 9.48. The Hall–Kier alpha value is -1.40. The van der Waals surface area contributed by atoms with Crippen molar-refractivity contribution in [3.05, 3.63) is 11.4 Å². The standard InChI is InChI=1S/C13H20N4O2/c1-8-11(14)15-12(9-2-3-9)16-13(8)17-4-5-19-7-10(17)6-18/h9-10,18H,2-7H2,1H3,(H2,14,15,16). The van der Waals surface area contributed by atoms with E-state index in [2.05, 4.69) is 14.9 Å². The molecule has 6 nitrogen and oxygen atoms in total. The molecule has 19 heavy (non-hydrogen) atoms. The molecule has 0 amide bonds. The van der Waals surface area contributed by atoms with Gasteiger partial charge >= 0.3 is 0 Å². The summed E-state index contributed by atoms with van der Waals surface area (Å²) in [6.45, 7) is 3.90. The lowest BCUT2D eigenvalue weighted by Gasteiger charge is -2.36. The SMILES string of the molecule is Cc1c(N)nc(C2CC2)nc1N1CCOCC1CO. The van der Waals surface area contributed by atoms with Crippen LogP contribution in [0.1, 0.15) is 30.1 Å². The monoisotopic (exact) mass is 264 g/mol. The van der Waals surface area contributed by atoms with Gasteiger partial charge in [-0.15, -0.1) is 0 Å². The van der Waals surface area contributed by atoms with Gasteiger partial charge in [-0.2, -0.15) is 0 Å². The molecule has 0 aromatic carbocycles. The first-order valence-electron chi connectivity index (χ1n) is 6.80. The molecule has 1 aromatic rings. The maximum Gasteiger partial charge on any atom is 0.137 e. The minimum Gasteiger partial charge on any atom is -0.394 e. The van der Waals surface area contributed by atoms with Crippen molar-refractivity contribution in [3.8, 4) is 0 Å². The first kappa shape index (κ1) is 12.6. The number of aliphatic hydroxyl groups excluding tert-OH is 1. The summed E-state index contributed by atoms with van der Waals surface area (Å²) >= 11 is 0. The molecule has 6 heteroatoms. The number of nitrogens with zero attached hydrogens (tertiary/aromatic N) is 3. The zero-order valence-electron chi connectivity index (χ0n) is 11.2. The van der Waals surface area contributed by atoms with E-state index in [1.54, 1.807) is 0 Å². The Kier molecular flexibility index (Phi) is 3.28. The largest absolute Gasteiger partial charge is 0.394 e. The highest BCUT2D eigenvalue weighted by molar-refractivity contribution is 5.57. The van der Waals surface area contributed by atoms with Gasteiger partial charge in [0.15, 0.2) is 0 Å². The summed E-state index contributed by atoms with van der Waals surface area (Å²) in [6, 6.07) is -0.0474. The Balaban J connectivity index is 1.97. The summed E-state index contributed by atoms with van der Waals surface area (Å²) in [7, 11) is 0. The van der Waals surface area contributed by atoms with Gasteiger partial charge in [-0.05, 0) is 19.8 Å². The zero-order chi connectivity index (χ0) is 13.4. The molecule has 1 saturated carbocycles. The van der Waals surface area contributed by atoms with Crippen LogP contribution in [0.2, 0.25) is 0 Å².